The molecule has 0 spiro atoms. The van der Waals surface area contributed by atoms with Crippen molar-refractivity contribution in [3.8, 4) is 0 Å². The highest BCUT2D eigenvalue weighted by molar-refractivity contribution is 7.15. The number of hydrogen-bond acceptors (Lipinski definition) is 3. The maximum atomic E-state index is 12.6. The molecule has 3 nitrogen and oxygen atoms in total. The second kappa shape index (κ2) is 5.07. The summed E-state index contributed by atoms with van der Waals surface area (Å²) >= 11 is 1.44. The summed E-state index contributed by atoms with van der Waals surface area (Å²) in [5, 5.41) is 0. The molecular formula is C18H14N2OS. The van der Waals surface area contributed by atoms with Gasteiger partial charge in [-0.15, -0.1) is 0 Å². The zero-order valence-corrected chi connectivity index (χ0v) is 12.9. The molecule has 4 aromatic rings. The van der Waals surface area contributed by atoms with Crippen LogP contribution in [0.15, 0.2) is 53.3 Å². The number of nitrogens with zero attached hydrogens (tertiary/aromatic N) is 2. The number of para-hydroxylation sites is 2. The number of imidazole rings is 1. The van der Waals surface area contributed by atoms with E-state index in [4.69, 9.17) is 0 Å². The van der Waals surface area contributed by atoms with Crippen LogP contribution in [0.25, 0.3) is 22.1 Å². The van der Waals surface area contributed by atoms with Crippen LogP contribution in [0.1, 0.15) is 18.1 Å². The van der Waals surface area contributed by atoms with E-state index >= 15 is 0 Å². The number of fused-ring (bicyclic) bond motifs is 3. The van der Waals surface area contributed by atoms with Crippen molar-refractivity contribution in [1.82, 2.24) is 9.38 Å². The summed E-state index contributed by atoms with van der Waals surface area (Å²) in [6, 6.07) is 16.0. The summed E-state index contributed by atoms with van der Waals surface area (Å²) in [5.41, 5.74) is 4.09. The van der Waals surface area contributed by atoms with Gasteiger partial charge >= 0.3 is 0 Å². The standard InChI is InChI=1S/C18H14N2OS/c1-2-12-7-9-13(10-8-12)11-16-17(21)20-15-6-4-3-5-14(15)19-18(20)22-16/h3-11H,2H2,1H3/b16-11+. The minimum Gasteiger partial charge on any atom is -0.267 e. The van der Waals surface area contributed by atoms with E-state index < -0.39 is 0 Å². The lowest BCUT2D eigenvalue weighted by atomic mass is 10.1. The summed E-state index contributed by atoms with van der Waals surface area (Å²) in [6.07, 6.45) is 2.96. The fraction of sp³-hybridized carbons (Fsp3) is 0.111. The van der Waals surface area contributed by atoms with Gasteiger partial charge in [-0.25, -0.2) is 9.38 Å². The van der Waals surface area contributed by atoms with Gasteiger partial charge in [-0.2, -0.15) is 0 Å². The molecule has 4 rings (SSSR count). The van der Waals surface area contributed by atoms with E-state index in [1.807, 2.05) is 30.3 Å². The maximum Gasteiger partial charge on any atom is 0.274 e. The molecule has 0 aliphatic rings. The summed E-state index contributed by atoms with van der Waals surface area (Å²) < 4.78 is 2.42. The van der Waals surface area contributed by atoms with Crippen LogP contribution in [0, 0.1) is 0 Å². The first kappa shape index (κ1) is 13.2. The molecule has 2 aromatic carbocycles. The lowest BCUT2D eigenvalue weighted by Crippen LogP contribution is -2.22. The van der Waals surface area contributed by atoms with Crippen molar-refractivity contribution >= 4 is 33.4 Å². The van der Waals surface area contributed by atoms with E-state index in [0.29, 0.717) is 0 Å². The second-order valence-electron chi connectivity index (χ2n) is 5.23. The lowest BCUT2D eigenvalue weighted by molar-refractivity contribution is 1.14. The summed E-state index contributed by atoms with van der Waals surface area (Å²) in [7, 11) is 0. The van der Waals surface area contributed by atoms with Gasteiger partial charge in [0.25, 0.3) is 5.56 Å². The van der Waals surface area contributed by atoms with Gasteiger partial charge < -0.3 is 0 Å². The van der Waals surface area contributed by atoms with Gasteiger partial charge in [0.05, 0.1) is 15.6 Å². The highest BCUT2D eigenvalue weighted by atomic mass is 32.1. The fourth-order valence-electron chi connectivity index (χ4n) is 2.61. The van der Waals surface area contributed by atoms with Crippen LogP contribution in [-0.4, -0.2) is 9.38 Å². The molecular weight excluding hydrogens is 292 g/mol. The van der Waals surface area contributed by atoms with Gasteiger partial charge in [-0.3, -0.25) is 4.79 Å². The van der Waals surface area contributed by atoms with Gasteiger partial charge in [-0.1, -0.05) is 54.7 Å². The molecule has 0 bridgehead atoms. The van der Waals surface area contributed by atoms with Crippen molar-refractivity contribution in [2.45, 2.75) is 13.3 Å². The van der Waals surface area contributed by atoms with E-state index in [1.54, 1.807) is 4.40 Å². The van der Waals surface area contributed by atoms with E-state index in [2.05, 4.69) is 36.2 Å². The van der Waals surface area contributed by atoms with Crippen LogP contribution >= 0.6 is 11.3 Å². The second-order valence-corrected chi connectivity index (χ2v) is 6.24. The van der Waals surface area contributed by atoms with Crippen molar-refractivity contribution in [3.05, 3.63) is 74.5 Å². The molecule has 108 valence electrons. The van der Waals surface area contributed by atoms with Crippen LogP contribution in [-0.2, 0) is 6.42 Å². The molecule has 22 heavy (non-hydrogen) atoms. The Morgan fingerprint density at radius 1 is 1.14 bits per heavy atom. The molecule has 2 aromatic heterocycles. The molecule has 0 aliphatic carbocycles. The predicted octanol–water partition coefficient (Wildman–Crippen LogP) is 3.02. The fourth-order valence-corrected chi connectivity index (χ4v) is 3.60. The third-order valence-corrected chi connectivity index (χ3v) is 4.80. The number of hydrogen-bond donors (Lipinski definition) is 0. The smallest absolute Gasteiger partial charge is 0.267 e. The molecule has 0 aliphatic heterocycles. The maximum absolute atomic E-state index is 12.6. The Morgan fingerprint density at radius 2 is 1.91 bits per heavy atom. The molecule has 0 atom stereocenters. The average molecular weight is 306 g/mol. The Morgan fingerprint density at radius 3 is 2.68 bits per heavy atom. The SMILES string of the molecule is CCc1ccc(/C=c2/sc3nc4ccccc4n3c2=O)cc1. The minimum atomic E-state index is 0.00766. The summed E-state index contributed by atoms with van der Waals surface area (Å²) in [6.45, 7) is 2.13. The Kier molecular flexibility index (Phi) is 3.05. The normalized spacial score (nSPS) is 12.5. The van der Waals surface area contributed by atoms with Crippen molar-refractivity contribution in [2.24, 2.45) is 0 Å². The first-order chi connectivity index (χ1) is 10.8. The number of aromatic nitrogens is 2. The van der Waals surface area contributed by atoms with Crippen LogP contribution in [0.5, 0.6) is 0 Å². The monoisotopic (exact) mass is 306 g/mol. The van der Waals surface area contributed by atoms with E-state index in [1.165, 1.54) is 16.9 Å². The molecule has 0 fully saturated rings. The summed E-state index contributed by atoms with van der Waals surface area (Å²) in [5.74, 6) is 0. The molecule has 0 saturated heterocycles. The van der Waals surface area contributed by atoms with Gasteiger partial charge in [-0.05, 0) is 35.8 Å². The Balaban J connectivity index is 1.93. The quantitative estimate of drug-likeness (QED) is 0.570. The number of rotatable bonds is 2. The highest BCUT2D eigenvalue weighted by Gasteiger charge is 2.10. The topological polar surface area (TPSA) is 34.4 Å². The minimum absolute atomic E-state index is 0.00766. The highest BCUT2D eigenvalue weighted by Crippen LogP contribution is 2.15. The van der Waals surface area contributed by atoms with Gasteiger partial charge in [0, 0.05) is 0 Å². The zero-order valence-electron chi connectivity index (χ0n) is 12.1. The van der Waals surface area contributed by atoms with Gasteiger partial charge in [0.15, 0.2) is 4.96 Å². The molecule has 0 N–H and O–H groups in total. The third-order valence-electron chi connectivity index (χ3n) is 3.83. The Bertz CT molecular complexity index is 1070. The zero-order chi connectivity index (χ0) is 15.1. The van der Waals surface area contributed by atoms with E-state index in [9.17, 15) is 4.79 Å². The van der Waals surface area contributed by atoms with Crippen molar-refractivity contribution in [2.75, 3.05) is 0 Å². The van der Waals surface area contributed by atoms with Crippen molar-refractivity contribution < 1.29 is 0 Å². The van der Waals surface area contributed by atoms with Crippen molar-refractivity contribution in [3.63, 3.8) is 0 Å². The number of benzene rings is 2. The number of thiazole rings is 1. The summed E-state index contributed by atoms with van der Waals surface area (Å²) in [4.78, 5) is 17.9. The van der Waals surface area contributed by atoms with Crippen LogP contribution < -0.4 is 10.1 Å². The van der Waals surface area contributed by atoms with Gasteiger partial charge in [0.1, 0.15) is 0 Å². The van der Waals surface area contributed by atoms with E-state index in [0.717, 1.165) is 32.5 Å². The molecule has 2 heterocycles. The first-order valence-corrected chi connectivity index (χ1v) is 8.08. The van der Waals surface area contributed by atoms with Crippen LogP contribution in [0.3, 0.4) is 0 Å². The molecule has 0 amide bonds. The average Bonchev–Trinajstić information content (AvgIpc) is 3.05. The van der Waals surface area contributed by atoms with Crippen LogP contribution in [0.4, 0.5) is 0 Å². The largest absolute Gasteiger partial charge is 0.274 e. The molecule has 0 unspecified atom stereocenters. The van der Waals surface area contributed by atoms with Crippen LogP contribution in [0.2, 0.25) is 0 Å². The lowest BCUT2D eigenvalue weighted by Gasteiger charge is -1.96. The molecule has 0 radical (unpaired) electrons. The third kappa shape index (κ3) is 2.04. The Hall–Kier alpha value is -2.46. The van der Waals surface area contributed by atoms with Crippen molar-refractivity contribution in [1.29, 1.82) is 0 Å². The number of aryl methyl sites for hydroxylation is 1. The molecule has 4 heteroatoms. The van der Waals surface area contributed by atoms with Gasteiger partial charge in [0.2, 0.25) is 0 Å². The van der Waals surface area contributed by atoms with E-state index in [-0.39, 0.29) is 5.56 Å². The molecule has 0 saturated carbocycles. The Labute approximate surface area is 131 Å². The predicted molar refractivity (Wildman–Crippen MR) is 91.5 cm³/mol. The first-order valence-electron chi connectivity index (χ1n) is 7.27.